The Morgan fingerprint density at radius 3 is 1.74 bits per heavy atom. The SMILES string of the molecule is CN(c1cccc(-c2cc(F)c(OCOCCCCCCCCCCCC(C)(C)C)cc2CC(F)(F)F)c1CNc1cnn(COCCCCCCCCCCCC(C)(C)C)c1)S(C)(=O)=O. The second kappa shape index (κ2) is 28.8. The molecular weight excluding hydrogens is 869 g/mol. The van der Waals surface area contributed by atoms with Gasteiger partial charge in [-0.2, -0.15) is 18.3 Å². The fourth-order valence-electron chi connectivity index (χ4n) is 8.04. The normalized spacial score (nSPS) is 12.5. The molecule has 1 N–H and O–H groups in total. The molecule has 376 valence electrons. The first kappa shape index (κ1) is 57.0. The fourth-order valence-corrected chi connectivity index (χ4v) is 8.57. The van der Waals surface area contributed by atoms with Gasteiger partial charge in [-0.15, -0.1) is 0 Å². The summed E-state index contributed by atoms with van der Waals surface area (Å²) in [6, 6.07) is 6.77. The second-order valence-corrected chi connectivity index (χ2v) is 22.6. The minimum absolute atomic E-state index is 0.00827. The number of ether oxygens (including phenoxy) is 3. The van der Waals surface area contributed by atoms with Gasteiger partial charge in [0.15, 0.2) is 18.4 Å². The van der Waals surface area contributed by atoms with Crippen LogP contribution < -0.4 is 14.4 Å². The molecule has 0 atom stereocenters. The van der Waals surface area contributed by atoms with Crippen LogP contribution in [0.25, 0.3) is 11.1 Å². The van der Waals surface area contributed by atoms with Crippen LogP contribution >= 0.6 is 0 Å². The summed E-state index contributed by atoms with van der Waals surface area (Å²) in [6.07, 6.45) is 22.3. The van der Waals surface area contributed by atoms with E-state index in [0.29, 0.717) is 35.3 Å². The highest BCUT2D eigenvalue weighted by atomic mass is 32.2. The summed E-state index contributed by atoms with van der Waals surface area (Å²) in [5.74, 6) is -1.22. The number of hydrogen-bond acceptors (Lipinski definition) is 7. The number of rotatable bonds is 34. The van der Waals surface area contributed by atoms with Gasteiger partial charge in [0.05, 0.1) is 43.1 Å². The molecule has 0 fully saturated rings. The number of unbranched alkanes of at least 4 members (excludes halogenated alkanes) is 16. The largest absolute Gasteiger partial charge is 0.464 e. The molecule has 0 spiro atoms. The van der Waals surface area contributed by atoms with E-state index in [4.69, 9.17) is 14.2 Å². The van der Waals surface area contributed by atoms with E-state index >= 15 is 4.39 Å². The van der Waals surface area contributed by atoms with Crippen molar-refractivity contribution in [2.45, 2.75) is 196 Å². The third-order valence-electron chi connectivity index (χ3n) is 11.9. The highest BCUT2D eigenvalue weighted by Crippen LogP contribution is 2.39. The maximum Gasteiger partial charge on any atom is 0.393 e. The van der Waals surface area contributed by atoms with Crippen molar-refractivity contribution in [1.82, 2.24) is 9.78 Å². The molecule has 9 nitrogen and oxygen atoms in total. The van der Waals surface area contributed by atoms with Crippen LogP contribution in [0.5, 0.6) is 5.75 Å². The third kappa shape index (κ3) is 24.1. The first-order valence-corrected chi connectivity index (χ1v) is 26.5. The molecule has 3 rings (SSSR count). The molecule has 0 saturated heterocycles. The van der Waals surface area contributed by atoms with Crippen molar-refractivity contribution >= 4 is 21.4 Å². The van der Waals surface area contributed by atoms with Gasteiger partial charge in [0.25, 0.3) is 0 Å². The van der Waals surface area contributed by atoms with Gasteiger partial charge in [-0.3, -0.25) is 4.31 Å². The second-order valence-electron chi connectivity index (χ2n) is 20.6. The molecule has 0 aliphatic heterocycles. The van der Waals surface area contributed by atoms with Crippen LogP contribution in [0.4, 0.5) is 28.9 Å². The molecule has 0 aliphatic rings. The Kier molecular flexibility index (Phi) is 24.9. The number of sulfonamides is 1. The van der Waals surface area contributed by atoms with Gasteiger partial charge in [0, 0.05) is 25.8 Å². The van der Waals surface area contributed by atoms with Crippen molar-refractivity contribution in [2.75, 3.05) is 42.9 Å². The van der Waals surface area contributed by atoms with E-state index < -0.39 is 28.4 Å². The first-order chi connectivity index (χ1) is 31.1. The van der Waals surface area contributed by atoms with Crippen molar-refractivity contribution < 1.29 is 40.2 Å². The van der Waals surface area contributed by atoms with E-state index in [-0.39, 0.29) is 48.2 Å². The number of nitrogens with one attached hydrogen (secondary N) is 1. The molecule has 14 heteroatoms. The standard InChI is InChI=1S/C52H84F4N4O5S/c1-50(2,3)30-23-19-15-11-9-13-17-21-25-32-63-40-60-39-43(37-58-60)57-38-46-44(28-27-29-48(46)59(7)66(8,61)62)45-35-47(53)49(34-42(45)36-52(54,55)56)65-41-64-33-26-22-18-14-10-12-16-20-24-31-51(4,5)6/h27-29,34-35,37,39,57H,9-26,30-33,36,38,40-41H2,1-8H3. The summed E-state index contributed by atoms with van der Waals surface area (Å²) in [7, 11) is -2.42. The van der Waals surface area contributed by atoms with Crippen LogP contribution in [0.1, 0.15) is 181 Å². The Balaban J connectivity index is 1.56. The summed E-state index contributed by atoms with van der Waals surface area (Å²) in [5.41, 5.74) is 1.98. The zero-order valence-electron chi connectivity index (χ0n) is 41.7. The quantitative estimate of drug-likeness (QED) is 0.0362. The van der Waals surface area contributed by atoms with Gasteiger partial charge >= 0.3 is 6.18 Å². The maximum absolute atomic E-state index is 15.8. The van der Waals surface area contributed by atoms with Crippen LogP contribution in [0.2, 0.25) is 0 Å². The van der Waals surface area contributed by atoms with Gasteiger partial charge in [0.1, 0.15) is 6.73 Å². The van der Waals surface area contributed by atoms with Gasteiger partial charge in [-0.1, -0.05) is 156 Å². The van der Waals surface area contributed by atoms with Crippen molar-refractivity contribution in [1.29, 1.82) is 0 Å². The Labute approximate surface area is 396 Å². The summed E-state index contributed by atoms with van der Waals surface area (Å²) in [5, 5.41) is 7.62. The molecule has 2 aromatic carbocycles. The molecule has 3 aromatic rings. The Morgan fingerprint density at radius 1 is 0.712 bits per heavy atom. The van der Waals surface area contributed by atoms with Crippen molar-refractivity contribution in [3.05, 3.63) is 59.7 Å². The zero-order valence-corrected chi connectivity index (χ0v) is 42.5. The number of halogens is 4. The Bertz CT molecular complexity index is 1920. The summed E-state index contributed by atoms with van der Waals surface area (Å²) in [6.45, 7) is 14.7. The molecule has 0 saturated carbocycles. The molecule has 1 aromatic heterocycles. The van der Waals surface area contributed by atoms with E-state index in [9.17, 15) is 21.6 Å². The van der Waals surface area contributed by atoms with Crippen LogP contribution in [-0.4, -0.2) is 57.7 Å². The highest BCUT2D eigenvalue weighted by molar-refractivity contribution is 7.92. The number of nitrogens with zero attached hydrogens (tertiary/aromatic N) is 3. The van der Waals surface area contributed by atoms with Gasteiger partial charge in [-0.05, 0) is 71.4 Å². The number of alkyl halides is 3. The molecule has 0 aliphatic carbocycles. The minimum atomic E-state index is -4.63. The van der Waals surface area contributed by atoms with E-state index in [1.165, 1.54) is 103 Å². The monoisotopic (exact) mass is 953 g/mol. The van der Waals surface area contributed by atoms with Crippen molar-refractivity contribution in [3.63, 3.8) is 0 Å². The Hall–Kier alpha value is -3.36. The molecule has 0 radical (unpaired) electrons. The fraction of sp³-hybridized carbons (Fsp3) is 0.712. The van der Waals surface area contributed by atoms with Crippen molar-refractivity contribution in [2.24, 2.45) is 10.8 Å². The molecule has 66 heavy (non-hydrogen) atoms. The van der Waals surface area contributed by atoms with Crippen LogP contribution in [0, 0.1) is 16.6 Å². The lowest BCUT2D eigenvalue weighted by atomic mass is 9.89. The highest BCUT2D eigenvalue weighted by Gasteiger charge is 2.31. The smallest absolute Gasteiger partial charge is 0.393 e. The van der Waals surface area contributed by atoms with E-state index in [1.54, 1.807) is 35.3 Å². The number of hydrogen-bond donors (Lipinski definition) is 1. The van der Waals surface area contributed by atoms with Crippen LogP contribution in [0.15, 0.2) is 42.7 Å². The minimum Gasteiger partial charge on any atom is -0.464 e. The van der Waals surface area contributed by atoms with E-state index in [2.05, 4.69) is 52.0 Å². The molecular formula is C52H84F4N4O5S. The zero-order chi connectivity index (χ0) is 48.6. The van der Waals surface area contributed by atoms with Crippen molar-refractivity contribution in [3.8, 4) is 16.9 Å². The lowest BCUT2D eigenvalue weighted by molar-refractivity contribution is -0.127. The number of benzene rings is 2. The van der Waals surface area contributed by atoms with E-state index in [1.807, 2.05) is 0 Å². The molecule has 0 amide bonds. The molecule has 0 unspecified atom stereocenters. The first-order valence-electron chi connectivity index (χ1n) is 24.6. The Morgan fingerprint density at radius 2 is 1.23 bits per heavy atom. The summed E-state index contributed by atoms with van der Waals surface area (Å²) < 4.78 is 103. The summed E-state index contributed by atoms with van der Waals surface area (Å²) in [4.78, 5) is 0. The van der Waals surface area contributed by atoms with Gasteiger partial charge < -0.3 is 19.5 Å². The number of aromatic nitrogens is 2. The molecule has 1 heterocycles. The van der Waals surface area contributed by atoms with Gasteiger partial charge in [-0.25, -0.2) is 17.5 Å². The van der Waals surface area contributed by atoms with E-state index in [0.717, 1.165) is 54.8 Å². The average molecular weight is 953 g/mol. The lowest BCUT2D eigenvalue weighted by Gasteiger charge is -2.24. The predicted molar refractivity (Wildman–Crippen MR) is 263 cm³/mol. The van der Waals surface area contributed by atoms with Gasteiger partial charge in [0.2, 0.25) is 10.0 Å². The maximum atomic E-state index is 15.8. The molecule has 0 bridgehead atoms. The third-order valence-corrected chi connectivity index (χ3v) is 13.1. The van der Waals surface area contributed by atoms with Crippen LogP contribution in [-0.2, 0) is 39.2 Å². The predicted octanol–water partition coefficient (Wildman–Crippen LogP) is 15.0. The summed E-state index contributed by atoms with van der Waals surface area (Å²) >= 11 is 0. The van der Waals surface area contributed by atoms with Crippen LogP contribution in [0.3, 0.4) is 0 Å². The number of anilines is 2. The lowest BCUT2D eigenvalue weighted by Crippen LogP contribution is -2.26. The average Bonchev–Trinajstić information content (AvgIpc) is 3.68. The topological polar surface area (TPSA) is 94.9 Å².